The molecule has 4 nitrogen and oxygen atoms in total. The van der Waals surface area contributed by atoms with E-state index in [9.17, 15) is 10.1 Å². The molecule has 16 heavy (non-hydrogen) atoms. The summed E-state index contributed by atoms with van der Waals surface area (Å²) in [6.07, 6.45) is 3.97. The van der Waals surface area contributed by atoms with Gasteiger partial charge < -0.3 is 5.32 Å². The molecule has 4 heteroatoms. The van der Waals surface area contributed by atoms with E-state index in [1.54, 1.807) is 13.0 Å². The highest BCUT2D eigenvalue weighted by molar-refractivity contribution is 5.44. The Bertz CT molecular complexity index is 400. The van der Waals surface area contributed by atoms with Gasteiger partial charge in [0.15, 0.2) is 0 Å². The molecule has 0 atom stereocenters. The van der Waals surface area contributed by atoms with E-state index in [4.69, 9.17) is 0 Å². The number of nitro benzene ring substituents is 1. The molecule has 0 radical (unpaired) electrons. The maximum atomic E-state index is 10.7. The van der Waals surface area contributed by atoms with Gasteiger partial charge in [0.25, 0.3) is 5.69 Å². The number of hydrogen-bond acceptors (Lipinski definition) is 3. The van der Waals surface area contributed by atoms with Crippen LogP contribution in [-0.2, 0) is 6.54 Å². The molecule has 0 unspecified atom stereocenters. The van der Waals surface area contributed by atoms with Gasteiger partial charge in [-0.1, -0.05) is 24.3 Å². The molecule has 0 aromatic heterocycles. The van der Waals surface area contributed by atoms with Crippen LogP contribution < -0.4 is 5.32 Å². The quantitative estimate of drug-likeness (QED) is 0.359. The minimum atomic E-state index is -0.342. The summed E-state index contributed by atoms with van der Waals surface area (Å²) in [6.45, 7) is 5.17. The molecule has 1 aromatic rings. The number of nitrogens with zero attached hydrogens (tertiary/aromatic N) is 1. The fourth-order valence-corrected chi connectivity index (χ4v) is 1.47. The maximum Gasteiger partial charge on any atom is 0.272 e. The molecule has 0 aliphatic heterocycles. The molecule has 0 spiro atoms. The molecule has 0 heterocycles. The lowest BCUT2D eigenvalue weighted by atomic mass is 10.1. The number of hydrogen-bond donors (Lipinski definition) is 1. The van der Waals surface area contributed by atoms with Crippen molar-refractivity contribution in [2.45, 2.75) is 20.4 Å². The molecule has 0 saturated carbocycles. The third kappa shape index (κ3) is 3.17. The topological polar surface area (TPSA) is 55.2 Å². The van der Waals surface area contributed by atoms with Gasteiger partial charge in [-0.05, 0) is 19.4 Å². The SMILES string of the molecule is C/C=C/CNCc1cccc([N+](=O)[O-])c1C. The standard InChI is InChI=1S/C12H16N2O2/c1-3-4-8-13-9-11-6-5-7-12(10(11)2)14(15)16/h3-7,13H,8-9H2,1-2H3/b4-3+. The van der Waals surface area contributed by atoms with Crippen LogP contribution in [0.25, 0.3) is 0 Å². The molecule has 1 aromatic carbocycles. The van der Waals surface area contributed by atoms with Crippen LogP contribution in [0.5, 0.6) is 0 Å². The molecule has 0 saturated heterocycles. The second kappa shape index (κ2) is 6.02. The largest absolute Gasteiger partial charge is 0.309 e. The summed E-state index contributed by atoms with van der Waals surface area (Å²) in [6, 6.07) is 5.16. The third-order valence-corrected chi connectivity index (χ3v) is 2.43. The maximum absolute atomic E-state index is 10.7. The summed E-state index contributed by atoms with van der Waals surface area (Å²) in [7, 11) is 0. The lowest BCUT2D eigenvalue weighted by molar-refractivity contribution is -0.385. The van der Waals surface area contributed by atoms with Gasteiger partial charge in [-0.15, -0.1) is 0 Å². The predicted molar refractivity (Wildman–Crippen MR) is 64.4 cm³/mol. The van der Waals surface area contributed by atoms with Crippen LogP contribution >= 0.6 is 0 Å². The second-order valence-electron chi connectivity index (χ2n) is 3.52. The van der Waals surface area contributed by atoms with Crippen LogP contribution in [0.1, 0.15) is 18.1 Å². The first kappa shape index (κ1) is 12.4. The van der Waals surface area contributed by atoms with Gasteiger partial charge in [-0.2, -0.15) is 0 Å². The summed E-state index contributed by atoms with van der Waals surface area (Å²) in [5.74, 6) is 0. The minimum Gasteiger partial charge on any atom is -0.309 e. The van der Waals surface area contributed by atoms with Gasteiger partial charge in [0.1, 0.15) is 0 Å². The molecule has 0 bridgehead atoms. The van der Waals surface area contributed by atoms with Crippen LogP contribution in [0.2, 0.25) is 0 Å². The molecule has 1 N–H and O–H groups in total. The van der Waals surface area contributed by atoms with E-state index in [1.807, 2.05) is 25.1 Å². The summed E-state index contributed by atoms with van der Waals surface area (Å²) >= 11 is 0. The van der Waals surface area contributed by atoms with Crippen molar-refractivity contribution in [3.63, 3.8) is 0 Å². The van der Waals surface area contributed by atoms with E-state index < -0.39 is 0 Å². The highest BCUT2D eigenvalue weighted by atomic mass is 16.6. The first-order valence-corrected chi connectivity index (χ1v) is 5.21. The van der Waals surface area contributed by atoms with E-state index in [1.165, 1.54) is 6.07 Å². The molecular formula is C12H16N2O2. The Morgan fingerprint density at radius 3 is 2.88 bits per heavy atom. The number of nitro groups is 1. The molecular weight excluding hydrogens is 204 g/mol. The normalized spacial score (nSPS) is 10.9. The smallest absolute Gasteiger partial charge is 0.272 e. The first-order chi connectivity index (χ1) is 7.66. The van der Waals surface area contributed by atoms with Crippen molar-refractivity contribution >= 4 is 5.69 Å². The van der Waals surface area contributed by atoms with Crippen molar-refractivity contribution in [3.05, 3.63) is 51.6 Å². The average molecular weight is 220 g/mol. The Morgan fingerprint density at radius 1 is 1.50 bits per heavy atom. The first-order valence-electron chi connectivity index (χ1n) is 5.21. The van der Waals surface area contributed by atoms with Crippen LogP contribution in [0, 0.1) is 17.0 Å². The highest BCUT2D eigenvalue weighted by Gasteiger charge is 2.12. The van der Waals surface area contributed by atoms with E-state index >= 15 is 0 Å². The lowest BCUT2D eigenvalue weighted by Crippen LogP contribution is -2.14. The van der Waals surface area contributed by atoms with Gasteiger partial charge in [0.2, 0.25) is 0 Å². The zero-order valence-corrected chi connectivity index (χ0v) is 9.56. The molecule has 0 aliphatic carbocycles. The summed E-state index contributed by atoms with van der Waals surface area (Å²) in [5, 5.41) is 13.9. The summed E-state index contributed by atoms with van der Waals surface area (Å²) < 4.78 is 0. The van der Waals surface area contributed by atoms with Gasteiger partial charge in [0.05, 0.1) is 4.92 Å². The van der Waals surface area contributed by atoms with Crippen molar-refractivity contribution in [2.75, 3.05) is 6.54 Å². The number of nitrogens with one attached hydrogen (secondary N) is 1. The monoisotopic (exact) mass is 220 g/mol. The Hall–Kier alpha value is -1.68. The predicted octanol–water partition coefficient (Wildman–Crippen LogP) is 2.57. The molecule has 86 valence electrons. The van der Waals surface area contributed by atoms with Crippen LogP contribution in [0.4, 0.5) is 5.69 Å². The Morgan fingerprint density at radius 2 is 2.25 bits per heavy atom. The Kier molecular flexibility index (Phi) is 4.66. The van der Waals surface area contributed by atoms with Crippen LogP contribution in [0.15, 0.2) is 30.4 Å². The van der Waals surface area contributed by atoms with Crippen LogP contribution in [0.3, 0.4) is 0 Å². The van der Waals surface area contributed by atoms with Crippen LogP contribution in [-0.4, -0.2) is 11.5 Å². The summed E-state index contributed by atoms with van der Waals surface area (Å²) in [5.41, 5.74) is 1.89. The lowest BCUT2D eigenvalue weighted by Gasteiger charge is -2.06. The van der Waals surface area contributed by atoms with E-state index in [0.717, 1.165) is 17.7 Å². The van der Waals surface area contributed by atoms with E-state index in [-0.39, 0.29) is 10.6 Å². The van der Waals surface area contributed by atoms with Gasteiger partial charge >= 0.3 is 0 Å². The second-order valence-corrected chi connectivity index (χ2v) is 3.52. The van der Waals surface area contributed by atoms with E-state index in [0.29, 0.717) is 6.54 Å². The van der Waals surface area contributed by atoms with Crippen molar-refractivity contribution in [1.29, 1.82) is 0 Å². The molecule has 0 aliphatic rings. The number of allylic oxidation sites excluding steroid dienone is 1. The van der Waals surface area contributed by atoms with E-state index in [2.05, 4.69) is 5.32 Å². The van der Waals surface area contributed by atoms with Gasteiger partial charge in [-0.3, -0.25) is 10.1 Å². The Labute approximate surface area is 95.1 Å². The zero-order chi connectivity index (χ0) is 12.0. The zero-order valence-electron chi connectivity index (χ0n) is 9.56. The van der Waals surface area contributed by atoms with Gasteiger partial charge in [-0.25, -0.2) is 0 Å². The van der Waals surface area contributed by atoms with Crippen molar-refractivity contribution < 1.29 is 4.92 Å². The average Bonchev–Trinajstić information content (AvgIpc) is 2.26. The third-order valence-electron chi connectivity index (χ3n) is 2.43. The Balaban J connectivity index is 2.73. The minimum absolute atomic E-state index is 0.185. The molecule has 0 amide bonds. The highest BCUT2D eigenvalue weighted by Crippen LogP contribution is 2.20. The number of rotatable bonds is 5. The molecule has 1 rings (SSSR count). The number of benzene rings is 1. The fourth-order valence-electron chi connectivity index (χ4n) is 1.47. The van der Waals surface area contributed by atoms with Gasteiger partial charge in [0, 0.05) is 24.7 Å². The van der Waals surface area contributed by atoms with Crippen molar-refractivity contribution in [2.24, 2.45) is 0 Å². The fraction of sp³-hybridized carbons (Fsp3) is 0.333. The van der Waals surface area contributed by atoms with Crippen molar-refractivity contribution in [3.8, 4) is 0 Å². The van der Waals surface area contributed by atoms with Crippen molar-refractivity contribution in [1.82, 2.24) is 5.32 Å². The summed E-state index contributed by atoms with van der Waals surface area (Å²) in [4.78, 5) is 10.4. The molecule has 0 fully saturated rings.